The number of alkyl halides is 3. The Morgan fingerprint density at radius 3 is 2.59 bits per heavy atom. The topological polar surface area (TPSA) is 43.1 Å². The molecule has 0 aliphatic rings. The lowest BCUT2D eigenvalue weighted by Gasteiger charge is -2.13. The van der Waals surface area contributed by atoms with Gasteiger partial charge in [-0.25, -0.2) is 0 Å². The predicted octanol–water partition coefficient (Wildman–Crippen LogP) is 1.47. The molecule has 0 atom stereocenters. The molecule has 2 nitrogen and oxygen atoms in total. The van der Waals surface area contributed by atoms with Gasteiger partial charge in [-0.1, -0.05) is 17.6 Å². The first-order chi connectivity index (χ1) is 7.80. The maximum Gasteiger partial charge on any atom is 0.417 e. The SMILES string of the molecule is [B]c1ccc(SCCC(N)=O)c(C(F)(F)F)c1. The van der Waals surface area contributed by atoms with Gasteiger partial charge >= 0.3 is 6.18 Å². The number of hydrogen-bond acceptors (Lipinski definition) is 2. The minimum absolute atomic E-state index is 0.0341. The molecule has 0 aliphatic carbocycles. The van der Waals surface area contributed by atoms with Crippen LogP contribution in [-0.4, -0.2) is 19.5 Å². The van der Waals surface area contributed by atoms with E-state index in [9.17, 15) is 18.0 Å². The molecule has 2 N–H and O–H groups in total. The standard InChI is InChI=1S/C10H9BF3NOS/c11-6-1-2-8(17-4-3-9(15)16)7(5-6)10(12,13)14/h1-2,5H,3-4H2,(H2,15,16). The number of amides is 1. The van der Waals surface area contributed by atoms with Crippen LogP contribution in [0.2, 0.25) is 0 Å². The van der Waals surface area contributed by atoms with E-state index in [2.05, 4.69) is 0 Å². The molecule has 0 aromatic heterocycles. The Morgan fingerprint density at radius 2 is 2.06 bits per heavy atom. The number of thioether (sulfide) groups is 1. The summed E-state index contributed by atoms with van der Waals surface area (Å²) in [5.74, 6) is -0.330. The largest absolute Gasteiger partial charge is 0.417 e. The number of nitrogens with two attached hydrogens (primary N) is 1. The number of halogens is 3. The van der Waals surface area contributed by atoms with Gasteiger partial charge in [0.1, 0.15) is 7.85 Å². The Labute approximate surface area is 102 Å². The highest BCUT2D eigenvalue weighted by Crippen LogP contribution is 2.36. The van der Waals surface area contributed by atoms with Crippen molar-refractivity contribution in [2.24, 2.45) is 5.73 Å². The molecular formula is C10H9BF3NOS. The van der Waals surface area contributed by atoms with Crippen LogP contribution in [0.1, 0.15) is 12.0 Å². The summed E-state index contributed by atoms with van der Waals surface area (Å²) in [4.78, 5) is 10.5. The molecule has 1 rings (SSSR count). The second-order valence-electron chi connectivity index (χ2n) is 3.32. The fourth-order valence-corrected chi connectivity index (χ4v) is 2.17. The third-order valence-electron chi connectivity index (χ3n) is 1.92. The van der Waals surface area contributed by atoms with Crippen LogP contribution in [0, 0.1) is 0 Å². The third-order valence-corrected chi connectivity index (χ3v) is 2.99. The van der Waals surface area contributed by atoms with Crippen LogP contribution < -0.4 is 11.2 Å². The molecule has 0 heterocycles. The average molecular weight is 259 g/mol. The van der Waals surface area contributed by atoms with Gasteiger partial charge in [0.15, 0.2) is 0 Å². The van der Waals surface area contributed by atoms with Crippen molar-refractivity contribution in [1.82, 2.24) is 0 Å². The van der Waals surface area contributed by atoms with Gasteiger partial charge in [0.2, 0.25) is 5.91 Å². The zero-order valence-electron chi connectivity index (χ0n) is 8.75. The Balaban J connectivity index is 2.87. The summed E-state index contributed by atoms with van der Waals surface area (Å²) in [7, 11) is 5.32. The maximum atomic E-state index is 12.7. The molecule has 0 saturated carbocycles. The van der Waals surface area contributed by atoms with E-state index in [-0.39, 0.29) is 22.5 Å². The highest BCUT2D eigenvalue weighted by molar-refractivity contribution is 7.99. The molecule has 0 aliphatic heterocycles. The summed E-state index contributed by atoms with van der Waals surface area (Å²) in [6, 6.07) is 3.57. The Hall–Kier alpha value is -1.11. The van der Waals surface area contributed by atoms with Crippen LogP contribution >= 0.6 is 11.8 Å². The fraction of sp³-hybridized carbons (Fsp3) is 0.300. The van der Waals surface area contributed by atoms with E-state index in [4.69, 9.17) is 13.6 Å². The lowest BCUT2D eigenvalue weighted by molar-refractivity contribution is -0.139. The highest BCUT2D eigenvalue weighted by atomic mass is 32.2. The van der Waals surface area contributed by atoms with Crippen LogP contribution in [0.5, 0.6) is 0 Å². The Morgan fingerprint density at radius 1 is 1.41 bits per heavy atom. The van der Waals surface area contributed by atoms with Crippen molar-refractivity contribution in [3.8, 4) is 0 Å². The number of hydrogen-bond donors (Lipinski definition) is 1. The molecule has 0 saturated heterocycles. The molecular weight excluding hydrogens is 250 g/mol. The van der Waals surface area contributed by atoms with Crippen LogP contribution in [0.4, 0.5) is 13.2 Å². The van der Waals surface area contributed by atoms with Crippen molar-refractivity contribution in [1.29, 1.82) is 0 Å². The van der Waals surface area contributed by atoms with Crippen molar-refractivity contribution in [3.05, 3.63) is 23.8 Å². The van der Waals surface area contributed by atoms with E-state index in [1.165, 1.54) is 12.1 Å². The van der Waals surface area contributed by atoms with E-state index in [0.29, 0.717) is 0 Å². The molecule has 1 aromatic rings. The van der Waals surface area contributed by atoms with Gasteiger partial charge in [0, 0.05) is 17.1 Å². The lowest BCUT2D eigenvalue weighted by atomic mass is 9.94. The fourth-order valence-electron chi connectivity index (χ4n) is 1.16. The first kappa shape index (κ1) is 14.0. The number of primary amides is 1. The number of rotatable bonds is 4. The molecule has 90 valence electrons. The summed E-state index contributed by atoms with van der Waals surface area (Å²) in [6.07, 6.45) is -4.42. The van der Waals surface area contributed by atoms with Crippen LogP contribution in [-0.2, 0) is 11.0 Å². The van der Waals surface area contributed by atoms with Crippen LogP contribution in [0.3, 0.4) is 0 Å². The number of benzene rings is 1. The molecule has 0 unspecified atom stereocenters. The van der Waals surface area contributed by atoms with Crippen molar-refractivity contribution in [2.75, 3.05) is 5.75 Å². The third kappa shape index (κ3) is 4.34. The summed E-state index contributed by atoms with van der Waals surface area (Å²) in [5, 5.41) is 0. The molecule has 0 spiro atoms. The minimum Gasteiger partial charge on any atom is -0.370 e. The van der Waals surface area contributed by atoms with Crippen molar-refractivity contribution < 1.29 is 18.0 Å². The number of carbonyl (C=O) groups is 1. The molecule has 7 heteroatoms. The van der Waals surface area contributed by atoms with Gasteiger partial charge < -0.3 is 5.73 Å². The van der Waals surface area contributed by atoms with E-state index in [0.717, 1.165) is 17.8 Å². The molecule has 2 radical (unpaired) electrons. The molecule has 17 heavy (non-hydrogen) atoms. The normalized spacial score (nSPS) is 11.5. The monoisotopic (exact) mass is 259 g/mol. The van der Waals surface area contributed by atoms with E-state index < -0.39 is 17.6 Å². The molecule has 0 bridgehead atoms. The number of carbonyl (C=O) groups excluding carboxylic acids is 1. The second-order valence-corrected chi connectivity index (χ2v) is 4.45. The van der Waals surface area contributed by atoms with E-state index in [1.807, 2.05) is 0 Å². The first-order valence-corrected chi connectivity index (χ1v) is 5.67. The van der Waals surface area contributed by atoms with Gasteiger partial charge in [0.25, 0.3) is 0 Å². The highest BCUT2D eigenvalue weighted by Gasteiger charge is 2.33. The van der Waals surface area contributed by atoms with Crippen molar-refractivity contribution in [2.45, 2.75) is 17.5 Å². The van der Waals surface area contributed by atoms with Crippen LogP contribution in [0.25, 0.3) is 0 Å². The average Bonchev–Trinajstić information content (AvgIpc) is 2.18. The van der Waals surface area contributed by atoms with E-state index >= 15 is 0 Å². The smallest absolute Gasteiger partial charge is 0.370 e. The maximum absolute atomic E-state index is 12.7. The summed E-state index contributed by atoms with van der Waals surface area (Å²) >= 11 is 0.935. The Kier molecular flexibility index (Phi) is 4.50. The van der Waals surface area contributed by atoms with Crippen molar-refractivity contribution >= 4 is 31.0 Å². The van der Waals surface area contributed by atoms with E-state index in [1.54, 1.807) is 0 Å². The molecule has 1 amide bonds. The minimum atomic E-state index is -4.45. The first-order valence-electron chi connectivity index (χ1n) is 4.68. The van der Waals surface area contributed by atoms with Gasteiger partial charge in [-0.2, -0.15) is 13.2 Å². The quantitative estimate of drug-likeness (QED) is 0.657. The van der Waals surface area contributed by atoms with Gasteiger partial charge in [-0.05, 0) is 6.07 Å². The van der Waals surface area contributed by atoms with Gasteiger partial charge in [-0.3, -0.25) is 4.79 Å². The zero-order chi connectivity index (χ0) is 13.1. The lowest BCUT2D eigenvalue weighted by Crippen LogP contribution is -2.14. The molecule has 0 fully saturated rings. The second kappa shape index (κ2) is 5.49. The van der Waals surface area contributed by atoms with Crippen molar-refractivity contribution in [3.63, 3.8) is 0 Å². The zero-order valence-corrected chi connectivity index (χ0v) is 9.57. The van der Waals surface area contributed by atoms with Crippen LogP contribution in [0.15, 0.2) is 23.1 Å². The summed E-state index contributed by atoms with van der Waals surface area (Å²) in [6.45, 7) is 0. The summed E-state index contributed by atoms with van der Waals surface area (Å²) in [5.41, 5.74) is 4.18. The predicted molar refractivity (Wildman–Crippen MR) is 61.4 cm³/mol. The van der Waals surface area contributed by atoms with Gasteiger partial charge in [-0.15, -0.1) is 11.8 Å². The van der Waals surface area contributed by atoms with Gasteiger partial charge in [0.05, 0.1) is 5.56 Å². The summed E-state index contributed by atoms with van der Waals surface area (Å²) < 4.78 is 38.0. The molecule has 1 aromatic carbocycles. The Bertz CT molecular complexity index is 423.